The summed E-state index contributed by atoms with van der Waals surface area (Å²) < 4.78 is 47.1. The van der Waals surface area contributed by atoms with Crippen molar-refractivity contribution < 1.29 is 32.3 Å². The third-order valence-electron chi connectivity index (χ3n) is 7.28. The zero-order chi connectivity index (χ0) is 33.5. The molecule has 2 heterocycles. The Labute approximate surface area is 266 Å². The average Bonchev–Trinajstić information content (AvgIpc) is 3.00. The lowest BCUT2D eigenvalue weighted by Gasteiger charge is -2.36. The minimum absolute atomic E-state index is 0.0904. The Morgan fingerprint density at radius 1 is 1.09 bits per heavy atom. The highest BCUT2D eigenvalue weighted by molar-refractivity contribution is 6.69. The van der Waals surface area contributed by atoms with Gasteiger partial charge in [0, 0.05) is 61.9 Å². The van der Waals surface area contributed by atoms with Gasteiger partial charge < -0.3 is 35.3 Å². The van der Waals surface area contributed by atoms with E-state index in [1.807, 2.05) is 24.1 Å². The first-order valence-corrected chi connectivity index (χ1v) is 17.9. The second-order valence-corrected chi connectivity index (χ2v) is 15.5. The fourth-order valence-electron chi connectivity index (χ4n) is 4.89. The van der Waals surface area contributed by atoms with Crippen LogP contribution in [-0.4, -0.2) is 73.1 Å². The lowest BCUT2D eigenvalue weighted by atomic mass is 10.2. The Morgan fingerprint density at radius 2 is 1.80 bits per heavy atom. The maximum atomic E-state index is 13.9. The summed E-state index contributed by atoms with van der Waals surface area (Å²) >= 11 is 0. The second-order valence-electron chi connectivity index (χ2n) is 11.4. The largest absolute Gasteiger partial charge is 0.494 e. The van der Waals surface area contributed by atoms with E-state index in [-0.39, 0.29) is 17.5 Å². The van der Waals surface area contributed by atoms with Gasteiger partial charge in [-0.2, -0.15) is 18.2 Å². The van der Waals surface area contributed by atoms with Crippen LogP contribution in [-0.2, 0) is 15.8 Å². The maximum Gasteiger partial charge on any atom is 0.421 e. The zero-order valence-corrected chi connectivity index (χ0v) is 26.9. The van der Waals surface area contributed by atoms with Crippen LogP contribution in [0.2, 0.25) is 19.1 Å². The number of methoxy groups -OCH3 is 1. The molecule has 4 rings (SSSR count). The highest BCUT2D eigenvalue weighted by Crippen LogP contribution is 2.37. The topological polar surface area (TPSA) is 132 Å². The molecule has 0 unspecified atom stereocenters. The highest BCUT2D eigenvalue weighted by atomic mass is 28.4. The minimum Gasteiger partial charge on any atom is -0.494 e. The number of nitrogens with zero attached hydrogens (tertiary/aromatic N) is 4. The van der Waals surface area contributed by atoms with E-state index >= 15 is 0 Å². The molecule has 11 nitrogen and oxygen atoms in total. The average molecular weight is 658 g/mol. The molecule has 0 aliphatic carbocycles. The molecule has 0 atom stereocenters. The number of piperazine rings is 1. The molecule has 246 valence electrons. The molecule has 0 bridgehead atoms. The summed E-state index contributed by atoms with van der Waals surface area (Å²) in [6, 6.07) is 12.2. The van der Waals surface area contributed by atoms with E-state index in [4.69, 9.17) is 4.74 Å². The van der Waals surface area contributed by atoms with Crippen molar-refractivity contribution in [2.45, 2.75) is 38.2 Å². The number of amides is 2. The van der Waals surface area contributed by atoms with E-state index in [2.05, 4.69) is 37.4 Å². The smallest absolute Gasteiger partial charge is 0.421 e. The molecule has 1 fully saturated rings. The van der Waals surface area contributed by atoms with Gasteiger partial charge in [-0.25, -0.2) is 4.98 Å². The van der Waals surface area contributed by atoms with Gasteiger partial charge in [0.15, 0.2) is 8.32 Å². The van der Waals surface area contributed by atoms with Crippen molar-refractivity contribution in [3.05, 3.63) is 66.9 Å². The van der Waals surface area contributed by atoms with Gasteiger partial charge in [0.25, 0.3) is 0 Å². The van der Waals surface area contributed by atoms with Crippen molar-refractivity contribution in [2.24, 2.45) is 0 Å². The molecule has 1 aromatic heterocycles. The summed E-state index contributed by atoms with van der Waals surface area (Å²) in [6.45, 7) is 9.51. The van der Waals surface area contributed by atoms with E-state index in [1.54, 1.807) is 24.3 Å². The number of ether oxygens (including phenoxy) is 1. The van der Waals surface area contributed by atoms with Gasteiger partial charge in [0.1, 0.15) is 17.1 Å². The van der Waals surface area contributed by atoms with Crippen molar-refractivity contribution in [3.8, 4) is 5.75 Å². The van der Waals surface area contributed by atoms with Crippen molar-refractivity contribution in [2.75, 3.05) is 54.1 Å². The van der Waals surface area contributed by atoms with Crippen LogP contribution >= 0.6 is 0 Å². The Bertz CT molecular complexity index is 1560. The maximum absolute atomic E-state index is 13.9. The Morgan fingerprint density at radius 3 is 2.46 bits per heavy atom. The lowest BCUT2D eigenvalue weighted by Crippen LogP contribution is -2.48. The van der Waals surface area contributed by atoms with Gasteiger partial charge in [-0.15, -0.1) is 0 Å². The van der Waals surface area contributed by atoms with Gasteiger partial charge in [-0.3, -0.25) is 9.59 Å². The number of halogens is 3. The summed E-state index contributed by atoms with van der Waals surface area (Å²) in [5, 5.41) is 8.19. The zero-order valence-electron chi connectivity index (χ0n) is 25.9. The molecule has 0 saturated carbocycles. The normalized spacial score (nSPS) is 13.6. The van der Waals surface area contributed by atoms with Crippen LogP contribution in [0, 0.1) is 0 Å². The van der Waals surface area contributed by atoms with Crippen LogP contribution in [0.4, 0.5) is 47.7 Å². The molecule has 46 heavy (non-hydrogen) atoms. The summed E-state index contributed by atoms with van der Waals surface area (Å²) in [5.41, 5.74) is 0.850. The molecule has 1 saturated heterocycles. The van der Waals surface area contributed by atoms with Gasteiger partial charge in [0.05, 0.1) is 12.8 Å². The molecular formula is C31H38F3N7O4Si. The minimum atomic E-state index is -4.73. The standard InChI is InChI=1S/C31H38F3N7O4Si/c1-5-27(42)36-21-8-6-9-22(18-21)37-29-24(31(32,33)34)20-35-30(39-29)38-25-12-11-23(19-26(25)45-2)40-13-15-41(16-14-40)28(43)10-7-17-46(3,4)44/h5-6,8-9,11-12,18-20,44H,1,7,10,13-17H2,2-4H3,(H,36,42)(H2,35,37,38,39). The number of carbonyl (C=O) groups is 2. The van der Waals surface area contributed by atoms with Crippen LogP contribution in [0.1, 0.15) is 18.4 Å². The van der Waals surface area contributed by atoms with Crippen LogP contribution < -0.4 is 25.6 Å². The van der Waals surface area contributed by atoms with Crippen LogP contribution in [0.15, 0.2) is 61.3 Å². The van der Waals surface area contributed by atoms with Crippen molar-refractivity contribution in [1.82, 2.24) is 14.9 Å². The third-order valence-corrected chi connectivity index (χ3v) is 8.86. The molecule has 2 amide bonds. The van der Waals surface area contributed by atoms with Crippen molar-refractivity contribution >= 4 is 54.6 Å². The molecule has 4 N–H and O–H groups in total. The van der Waals surface area contributed by atoms with Crippen molar-refractivity contribution in [3.63, 3.8) is 0 Å². The molecule has 0 spiro atoms. The number of aromatic nitrogens is 2. The van der Waals surface area contributed by atoms with E-state index in [0.29, 0.717) is 68.4 Å². The van der Waals surface area contributed by atoms with Crippen LogP contribution in [0.3, 0.4) is 0 Å². The molecule has 3 aromatic rings. The van der Waals surface area contributed by atoms with E-state index in [1.165, 1.54) is 19.2 Å². The summed E-state index contributed by atoms with van der Waals surface area (Å²) in [5.74, 6) is -0.530. The van der Waals surface area contributed by atoms with Gasteiger partial charge in [0.2, 0.25) is 17.8 Å². The number of rotatable bonds is 12. The number of hydrogen-bond acceptors (Lipinski definition) is 9. The number of anilines is 6. The van der Waals surface area contributed by atoms with E-state index < -0.39 is 31.8 Å². The lowest BCUT2D eigenvalue weighted by molar-refractivity contribution is -0.137. The summed E-state index contributed by atoms with van der Waals surface area (Å²) in [7, 11) is -0.688. The first kappa shape index (κ1) is 34.2. The second kappa shape index (κ2) is 14.6. The SMILES string of the molecule is C=CC(=O)Nc1cccc(Nc2nc(Nc3ccc(N4CCN(C(=O)CCC[Si](C)(C)O)CC4)cc3OC)ncc2C(F)(F)F)c1. The summed E-state index contributed by atoms with van der Waals surface area (Å²) in [4.78, 5) is 46.3. The fraction of sp³-hybridized carbons (Fsp3) is 0.355. The van der Waals surface area contributed by atoms with Gasteiger partial charge in [-0.05, 0) is 62.0 Å². The molecule has 0 radical (unpaired) electrons. The molecule has 2 aromatic carbocycles. The quantitative estimate of drug-likeness (QED) is 0.142. The molecule has 15 heteroatoms. The first-order valence-electron chi connectivity index (χ1n) is 14.7. The van der Waals surface area contributed by atoms with Crippen LogP contribution in [0.5, 0.6) is 5.75 Å². The molecule has 1 aliphatic heterocycles. The highest BCUT2D eigenvalue weighted by Gasteiger charge is 2.35. The Hall–Kier alpha value is -4.63. The predicted octanol–water partition coefficient (Wildman–Crippen LogP) is 5.74. The van der Waals surface area contributed by atoms with Crippen LogP contribution in [0.25, 0.3) is 0 Å². The number of alkyl halides is 3. The van der Waals surface area contributed by atoms with Gasteiger partial charge >= 0.3 is 6.18 Å². The molecule has 1 aliphatic rings. The number of benzene rings is 2. The predicted molar refractivity (Wildman–Crippen MR) is 174 cm³/mol. The van der Waals surface area contributed by atoms with Gasteiger partial charge in [-0.1, -0.05) is 12.6 Å². The van der Waals surface area contributed by atoms with Crippen molar-refractivity contribution in [1.29, 1.82) is 0 Å². The fourth-order valence-corrected chi connectivity index (χ4v) is 5.94. The Balaban J connectivity index is 1.46. The Kier molecular flexibility index (Phi) is 10.9. The molecular weight excluding hydrogens is 619 g/mol. The van der Waals surface area contributed by atoms with E-state index in [0.717, 1.165) is 11.8 Å². The summed E-state index contributed by atoms with van der Waals surface area (Å²) in [6.07, 6.45) is -1.85. The first-order chi connectivity index (χ1) is 21.8. The van der Waals surface area contributed by atoms with E-state index in [9.17, 15) is 27.6 Å². The third kappa shape index (κ3) is 9.44. The number of carbonyl (C=O) groups excluding carboxylic acids is 2. The monoisotopic (exact) mass is 657 g/mol. The number of nitrogens with one attached hydrogen (secondary N) is 3. The number of hydrogen-bond donors (Lipinski definition) is 4.